The van der Waals surface area contributed by atoms with Crippen LogP contribution in [0.2, 0.25) is 0 Å². The molecule has 1 aliphatic heterocycles. The molecule has 3 aromatic rings. The summed E-state index contributed by atoms with van der Waals surface area (Å²) in [5, 5.41) is 0.826. The van der Waals surface area contributed by atoms with Crippen molar-refractivity contribution in [2.45, 2.75) is 31.2 Å². The van der Waals surface area contributed by atoms with Crippen molar-refractivity contribution < 1.29 is 17.9 Å². The molecule has 1 aromatic heterocycles. The first-order chi connectivity index (χ1) is 15.4. The van der Waals surface area contributed by atoms with Gasteiger partial charge in [0.2, 0.25) is 10.0 Å². The molecule has 178 valence electrons. The molecular formula is C24H30ClN3O4S. The van der Waals surface area contributed by atoms with Gasteiger partial charge in [-0.25, -0.2) is 13.1 Å². The number of benzene rings is 2. The number of nitrogens with one attached hydrogen (secondary N) is 1. The predicted molar refractivity (Wildman–Crippen MR) is 132 cm³/mol. The Bertz CT molecular complexity index is 1230. The second kappa shape index (κ2) is 10.7. The van der Waals surface area contributed by atoms with E-state index in [4.69, 9.17) is 9.47 Å². The van der Waals surface area contributed by atoms with Gasteiger partial charge in [0, 0.05) is 31.2 Å². The van der Waals surface area contributed by atoms with Crippen LogP contribution in [-0.2, 0) is 23.0 Å². The number of methoxy groups -OCH3 is 2. The molecule has 7 nitrogen and oxygen atoms in total. The van der Waals surface area contributed by atoms with Gasteiger partial charge in [-0.05, 0) is 67.3 Å². The highest BCUT2D eigenvalue weighted by Crippen LogP contribution is 2.33. The Kier molecular flexibility index (Phi) is 8.18. The molecule has 0 fully saturated rings. The molecule has 0 saturated carbocycles. The summed E-state index contributed by atoms with van der Waals surface area (Å²) in [5.74, 6) is 1.49. The number of pyridine rings is 1. The maximum Gasteiger partial charge on any atom is 0.242 e. The van der Waals surface area contributed by atoms with Crippen molar-refractivity contribution in [3.05, 3.63) is 59.3 Å². The molecule has 4 rings (SSSR count). The number of aromatic nitrogens is 1. The smallest absolute Gasteiger partial charge is 0.242 e. The zero-order valence-corrected chi connectivity index (χ0v) is 20.8. The number of fused-ring (bicyclic) bond motifs is 2. The van der Waals surface area contributed by atoms with Crippen LogP contribution in [0.3, 0.4) is 0 Å². The summed E-state index contributed by atoms with van der Waals surface area (Å²) in [6.07, 6.45) is 3.35. The van der Waals surface area contributed by atoms with Crippen LogP contribution in [0.25, 0.3) is 10.9 Å². The lowest BCUT2D eigenvalue weighted by molar-refractivity contribution is 0.250. The maximum atomic E-state index is 12.9. The van der Waals surface area contributed by atoms with Gasteiger partial charge in [0.15, 0.2) is 11.5 Å². The molecule has 0 atom stereocenters. The van der Waals surface area contributed by atoms with Crippen molar-refractivity contribution in [2.24, 2.45) is 0 Å². The zero-order chi connectivity index (χ0) is 22.7. The minimum atomic E-state index is -3.63. The van der Waals surface area contributed by atoms with E-state index in [1.54, 1.807) is 32.5 Å². The Balaban J connectivity index is 0.00000306. The largest absolute Gasteiger partial charge is 0.493 e. The molecular weight excluding hydrogens is 462 g/mol. The molecule has 0 aliphatic carbocycles. The molecule has 9 heteroatoms. The summed E-state index contributed by atoms with van der Waals surface area (Å²) in [6, 6.07) is 11.3. The van der Waals surface area contributed by atoms with E-state index in [1.807, 2.05) is 25.1 Å². The standard InChI is InChI=1S/C24H29N3O4S.ClH/c1-17-12-19-6-4-7-23(24(19)25-15-17)32(28,29)26-9-5-10-27-11-8-18-13-21(30-2)22(31-3)14-20(18)16-27;/h4,6-7,12-15,26H,5,8-11,16H2,1-3H3;1H. The number of sulfonamides is 1. The fraction of sp³-hybridized carbons (Fsp3) is 0.375. The number of aryl methyl sites for hydroxylation is 1. The van der Waals surface area contributed by atoms with Gasteiger partial charge in [0.05, 0.1) is 19.7 Å². The second-order valence-corrected chi connectivity index (χ2v) is 9.83. The lowest BCUT2D eigenvalue weighted by Crippen LogP contribution is -2.34. The molecule has 2 aromatic carbocycles. The third-order valence-electron chi connectivity index (χ3n) is 5.84. The van der Waals surface area contributed by atoms with Crippen LogP contribution in [0.5, 0.6) is 11.5 Å². The molecule has 0 spiro atoms. The van der Waals surface area contributed by atoms with Crippen molar-refractivity contribution in [3.8, 4) is 11.5 Å². The highest BCUT2D eigenvalue weighted by molar-refractivity contribution is 7.89. The highest BCUT2D eigenvalue weighted by Gasteiger charge is 2.20. The van der Waals surface area contributed by atoms with Gasteiger partial charge in [0.1, 0.15) is 4.90 Å². The third-order valence-corrected chi connectivity index (χ3v) is 7.33. The summed E-state index contributed by atoms with van der Waals surface area (Å²) < 4.78 is 39.3. The first-order valence-electron chi connectivity index (χ1n) is 10.7. The van der Waals surface area contributed by atoms with E-state index in [2.05, 4.69) is 20.7 Å². The molecule has 33 heavy (non-hydrogen) atoms. The van der Waals surface area contributed by atoms with Crippen molar-refractivity contribution in [1.29, 1.82) is 0 Å². The highest BCUT2D eigenvalue weighted by atomic mass is 35.5. The minimum absolute atomic E-state index is 0. The van der Waals surface area contributed by atoms with Crippen molar-refractivity contribution in [3.63, 3.8) is 0 Å². The fourth-order valence-corrected chi connectivity index (χ4v) is 5.43. The van der Waals surface area contributed by atoms with E-state index < -0.39 is 10.0 Å². The number of ether oxygens (including phenoxy) is 2. The molecule has 1 aliphatic rings. The molecule has 0 radical (unpaired) electrons. The fourth-order valence-electron chi connectivity index (χ4n) is 4.18. The Morgan fingerprint density at radius 3 is 2.55 bits per heavy atom. The topological polar surface area (TPSA) is 80.8 Å². The van der Waals surface area contributed by atoms with Gasteiger partial charge in [0.25, 0.3) is 0 Å². The van der Waals surface area contributed by atoms with Crippen LogP contribution in [0.1, 0.15) is 23.1 Å². The lowest BCUT2D eigenvalue weighted by Gasteiger charge is -2.29. The summed E-state index contributed by atoms with van der Waals surface area (Å²) >= 11 is 0. The summed E-state index contributed by atoms with van der Waals surface area (Å²) in [6.45, 7) is 4.87. The van der Waals surface area contributed by atoms with Crippen LogP contribution in [0.15, 0.2) is 47.5 Å². The van der Waals surface area contributed by atoms with E-state index in [-0.39, 0.29) is 17.3 Å². The minimum Gasteiger partial charge on any atom is -0.493 e. The molecule has 0 unspecified atom stereocenters. The number of rotatable bonds is 8. The third kappa shape index (κ3) is 5.58. The van der Waals surface area contributed by atoms with Crippen LogP contribution in [0.4, 0.5) is 0 Å². The van der Waals surface area contributed by atoms with Crippen LogP contribution >= 0.6 is 12.4 Å². The molecule has 0 saturated heterocycles. The van der Waals surface area contributed by atoms with E-state index in [0.29, 0.717) is 12.1 Å². The molecule has 1 N–H and O–H groups in total. The normalized spacial score (nSPS) is 13.9. The lowest BCUT2D eigenvalue weighted by atomic mass is 9.98. The van der Waals surface area contributed by atoms with Crippen LogP contribution in [0, 0.1) is 6.92 Å². The molecule has 0 amide bonds. The predicted octanol–water partition coefficient (Wildman–Crippen LogP) is 3.71. The Labute approximate surface area is 201 Å². The zero-order valence-electron chi connectivity index (χ0n) is 19.1. The first-order valence-corrected chi connectivity index (χ1v) is 12.2. The molecule has 0 bridgehead atoms. The summed E-state index contributed by atoms with van der Waals surface area (Å²) in [7, 11) is -0.338. The van der Waals surface area contributed by atoms with E-state index in [9.17, 15) is 8.42 Å². The van der Waals surface area contributed by atoms with Crippen LogP contribution < -0.4 is 14.2 Å². The quantitative estimate of drug-likeness (QED) is 0.484. The SMILES string of the molecule is COc1cc2c(cc1OC)CN(CCCNS(=O)(=O)c1cccc3cc(C)cnc13)CC2.Cl. The Hall–Kier alpha value is -2.39. The number of hydrogen-bond acceptors (Lipinski definition) is 6. The van der Waals surface area contributed by atoms with Gasteiger partial charge in [-0.2, -0.15) is 0 Å². The Morgan fingerprint density at radius 1 is 1.09 bits per heavy atom. The maximum absolute atomic E-state index is 12.9. The van der Waals surface area contributed by atoms with Gasteiger partial charge in [-0.1, -0.05) is 12.1 Å². The van der Waals surface area contributed by atoms with Crippen molar-refractivity contribution in [2.75, 3.05) is 33.9 Å². The monoisotopic (exact) mass is 491 g/mol. The van der Waals surface area contributed by atoms with Gasteiger partial charge < -0.3 is 9.47 Å². The van der Waals surface area contributed by atoms with Crippen molar-refractivity contribution in [1.82, 2.24) is 14.6 Å². The van der Waals surface area contributed by atoms with Crippen molar-refractivity contribution >= 4 is 33.3 Å². The number of nitrogens with zero attached hydrogens (tertiary/aromatic N) is 2. The average Bonchev–Trinajstić information content (AvgIpc) is 2.80. The van der Waals surface area contributed by atoms with Crippen LogP contribution in [-0.4, -0.2) is 52.2 Å². The van der Waals surface area contributed by atoms with E-state index >= 15 is 0 Å². The summed E-state index contributed by atoms with van der Waals surface area (Å²) in [5.41, 5.74) is 4.01. The number of halogens is 1. The van der Waals surface area contributed by atoms with Gasteiger partial charge in [-0.15, -0.1) is 12.4 Å². The van der Waals surface area contributed by atoms with Gasteiger partial charge >= 0.3 is 0 Å². The van der Waals surface area contributed by atoms with E-state index in [1.165, 1.54) is 11.1 Å². The molecule has 2 heterocycles. The van der Waals surface area contributed by atoms with Gasteiger partial charge in [-0.3, -0.25) is 9.88 Å². The van der Waals surface area contributed by atoms with E-state index in [0.717, 1.165) is 54.9 Å². The Morgan fingerprint density at radius 2 is 1.82 bits per heavy atom. The number of para-hydroxylation sites is 1. The number of hydrogen-bond donors (Lipinski definition) is 1. The average molecular weight is 492 g/mol. The second-order valence-electron chi connectivity index (χ2n) is 8.09. The first kappa shape index (κ1) is 25.2. The summed E-state index contributed by atoms with van der Waals surface area (Å²) in [4.78, 5) is 6.91.